The molecule has 1 aliphatic rings. The maximum Gasteiger partial charge on any atom is 0.245 e. The molecule has 0 saturated carbocycles. The number of nitrogens with two attached hydrogens (primary N) is 1. The van der Waals surface area contributed by atoms with Gasteiger partial charge in [-0.1, -0.05) is 42.8 Å². The van der Waals surface area contributed by atoms with Crippen molar-refractivity contribution in [1.82, 2.24) is 24.6 Å². The molecule has 1 aliphatic heterocycles. The molecule has 7 heteroatoms. The Morgan fingerprint density at radius 2 is 1.97 bits per heavy atom. The number of amides is 1. The Morgan fingerprint density at radius 1 is 1.16 bits per heavy atom. The standard InChI is InChI=1S/C24H20N6O/c1-2-21(31)29-12-17(13-29)14-30-24-22(23(25)26-15-27-24)20(28-30)10-8-16-7-9-18-5-3-4-6-19(18)11-16/h2-7,9,11,15,17H,1,12-14H2,(H2,25,26,27). The van der Waals surface area contributed by atoms with E-state index < -0.39 is 0 Å². The molecule has 1 fully saturated rings. The number of nitrogens with zero attached hydrogens (tertiary/aromatic N) is 5. The minimum absolute atomic E-state index is 0.0462. The van der Waals surface area contributed by atoms with E-state index in [0.29, 0.717) is 48.1 Å². The van der Waals surface area contributed by atoms with Gasteiger partial charge in [0.25, 0.3) is 0 Å². The molecule has 1 saturated heterocycles. The Hall–Kier alpha value is -4.18. The molecule has 2 N–H and O–H groups in total. The summed E-state index contributed by atoms with van der Waals surface area (Å²) in [4.78, 5) is 21.9. The summed E-state index contributed by atoms with van der Waals surface area (Å²) < 4.78 is 1.82. The molecule has 7 nitrogen and oxygen atoms in total. The van der Waals surface area contributed by atoms with Crippen molar-refractivity contribution in [2.24, 2.45) is 5.92 Å². The van der Waals surface area contributed by atoms with E-state index in [1.165, 1.54) is 17.8 Å². The number of hydrogen-bond donors (Lipinski definition) is 1. The number of aromatic nitrogens is 4. The van der Waals surface area contributed by atoms with Crippen molar-refractivity contribution in [1.29, 1.82) is 0 Å². The van der Waals surface area contributed by atoms with Crippen LogP contribution in [0, 0.1) is 17.8 Å². The second-order valence-corrected chi connectivity index (χ2v) is 7.61. The predicted molar refractivity (Wildman–Crippen MR) is 120 cm³/mol. The van der Waals surface area contributed by atoms with Crippen LogP contribution in [0.2, 0.25) is 0 Å². The van der Waals surface area contributed by atoms with Crippen LogP contribution in [0.3, 0.4) is 0 Å². The average Bonchev–Trinajstić information content (AvgIpc) is 3.12. The van der Waals surface area contributed by atoms with Crippen molar-refractivity contribution in [2.75, 3.05) is 18.8 Å². The number of benzene rings is 2. The molecule has 4 aromatic rings. The largest absolute Gasteiger partial charge is 0.383 e. The van der Waals surface area contributed by atoms with Crippen molar-refractivity contribution in [3.63, 3.8) is 0 Å². The third-order valence-corrected chi connectivity index (χ3v) is 5.51. The van der Waals surface area contributed by atoms with Crippen molar-refractivity contribution < 1.29 is 4.79 Å². The van der Waals surface area contributed by atoms with Crippen molar-refractivity contribution >= 4 is 33.5 Å². The lowest BCUT2D eigenvalue weighted by molar-refractivity contribution is -0.132. The van der Waals surface area contributed by atoms with Crippen LogP contribution >= 0.6 is 0 Å². The smallest absolute Gasteiger partial charge is 0.245 e. The normalized spacial score (nSPS) is 13.6. The molecule has 1 amide bonds. The maximum absolute atomic E-state index is 11.7. The van der Waals surface area contributed by atoms with Crippen molar-refractivity contribution in [3.05, 3.63) is 72.7 Å². The number of fused-ring (bicyclic) bond motifs is 2. The fourth-order valence-corrected chi connectivity index (χ4v) is 3.88. The first-order valence-corrected chi connectivity index (χ1v) is 10.0. The summed E-state index contributed by atoms with van der Waals surface area (Å²) in [5, 5.41) is 7.64. The SMILES string of the molecule is C=CC(=O)N1CC(Cn2nc(C#Cc3ccc4ccccc4c3)c3c(N)ncnc32)C1. The van der Waals surface area contributed by atoms with E-state index in [-0.39, 0.29) is 5.91 Å². The van der Waals surface area contributed by atoms with Crippen LogP contribution in [-0.4, -0.2) is 43.6 Å². The summed E-state index contributed by atoms with van der Waals surface area (Å²) in [6.07, 6.45) is 2.78. The van der Waals surface area contributed by atoms with Gasteiger partial charge in [0.05, 0.1) is 5.39 Å². The minimum Gasteiger partial charge on any atom is -0.383 e. The van der Waals surface area contributed by atoms with E-state index in [0.717, 1.165) is 10.9 Å². The minimum atomic E-state index is -0.0462. The fourth-order valence-electron chi connectivity index (χ4n) is 3.88. The van der Waals surface area contributed by atoms with Crippen LogP contribution < -0.4 is 5.73 Å². The number of likely N-dealkylation sites (tertiary alicyclic amines) is 1. The van der Waals surface area contributed by atoms with Crippen LogP contribution in [0.15, 0.2) is 61.4 Å². The summed E-state index contributed by atoms with van der Waals surface area (Å²) in [5.74, 6) is 6.96. The van der Waals surface area contributed by atoms with Gasteiger partial charge in [-0.2, -0.15) is 5.10 Å². The molecular weight excluding hydrogens is 388 g/mol. The van der Waals surface area contributed by atoms with Crippen LogP contribution in [0.25, 0.3) is 21.8 Å². The zero-order valence-electron chi connectivity index (χ0n) is 16.8. The summed E-state index contributed by atoms with van der Waals surface area (Å²) in [6.45, 7) is 5.51. The van der Waals surface area contributed by atoms with Crippen molar-refractivity contribution in [2.45, 2.75) is 6.54 Å². The van der Waals surface area contributed by atoms with E-state index in [2.05, 4.69) is 57.8 Å². The molecule has 0 bridgehead atoms. The first kappa shape index (κ1) is 18.8. The number of hydrogen-bond acceptors (Lipinski definition) is 5. The molecule has 0 atom stereocenters. The Kier molecular flexibility index (Phi) is 4.60. The third kappa shape index (κ3) is 3.49. The average molecular weight is 408 g/mol. The topological polar surface area (TPSA) is 89.9 Å². The van der Waals surface area contributed by atoms with Gasteiger partial charge in [-0.3, -0.25) is 4.79 Å². The highest BCUT2D eigenvalue weighted by atomic mass is 16.2. The molecule has 0 radical (unpaired) electrons. The zero-order valence-corrected chi connectivity index (χ0v) is 16.8. The fraction of sp³-hybridized carbons (Fsp3) is 0.167. The first-order valence-electron chi connectivity index (χ1n) is 10.0. The summed E-state index contributed by atoms with van der Waals surface area (Å²) in [5.41, 5.74) is 8.24. The lowest BCUT2D eigenvalue weighted by Gasteiger charge is -2.38. The molecule has 152 valence electrons. The molecular formula is C24H20N6O. The lowest BCUT2D eigenvalue weighted by atomic mass is 10.0. The quantitative estimate of drug-likeness (QED) is 0.416. The summed E-state index contributed by atoms with van der Waals surface area (Å²) in [6, 6.07) is 14.3. The van der Waals surface area contributed by atoms with E-state index in [9.17, 15) is 4.79 Å². The van der Waals surface area contributed by atoms with Gasteiger partial charge in [-0.15, -0.1) is 0 Å². The van der Waals surface area contributed by atoms with E-state index >= 15 is 0 Å². The Labute approximate surface area is 179 Å². The molecule has 5 rings (SSSR count). The molecule has 0 aliphatic carbocycles. The monoisotopic (exact) mass is 408 g/mol. The van der Waals surface area contributed by atoms with E-state index in [1.807, 2.05) is 22.9 Å². The molecule has 3 heterocycles. The number of carbonyl (C=O) groups is 1. The first-order chi connectivity index (χ1) is 15.1. The Morgan fingerprint density at radius 3 is 2.77 bits per heavy atom. The van der Waals surface area contributed by atoms with Gasteiger partial charge in [0.2, 0.25) is 5.91 Å². The Bertz CT molecular complexity index is 1390. The van der Waals surface area contributed by atoms with Gasteiger partial charge in [0.1, 0.15) is 17.8 Å². The second kappa shape index (κ2) is 7.58. The molecule has 31 heavy (non-hydrogen) atoms. The number of rotatable bonds is 3. The number of carbonyl (C=O) groups excluding carboxylic acids is 1. The highest BCUT2D eigenvalue weighted by Crippen LogP contribution is 2.24. The lowest BCUT2D eigenvalue weighted by Crippen LogP contribution is -2.50. The van der Waals surface area contributed by atoms with Crippen LogP contribution in [0.4, 0.5) is 5.82 Å². The number of anilines is 1. The van der Waals surface area contributed by atoms with E-state index in [4.69, 9.17) is 5.73 Å². The van der Waals surface area contributed by atoms with Crippen LogP contribution in [-0.2, 0) is 11.3 Å². The number of nitrogen functional groups attached to an aromatic ring is 1. The van der Waals surface area contributed by atoms with Gasteiger partial charge >= 0.3 is 0 Å². The molecule has 0 unspecified atom stereocenters. The van der Waals surface area contributed by atoms with Gasteiger partial charge in [0, 0.05) is 31.1 Å². The van der Waals surface area contributed by atoms with Gasteiger partial charge in [0.15, 0.2) is 5.65 Å². The summed E-state index contributed by atoms with van der Waals surface area (Å²) >= 11 is 0. The van der Waals surface area contributed by atoms with Gasteiger partial charge in [-0.25, -0.2) is 14.6 Å². The molecule has 0 spiro atoms. The maximum atomic E-state index is 11.7. The second-order valence-electron chi connectivity index (χ2n) is 7.61. The van der Waals surface area contributed by atoms with Gasteiger partial charge in [-0.05, 0) is 34.9 Å². The summed E-state index contributed by atoms with van der Waals surface area (Å²) in [7, 11) is 0. The van der Waals surface area contributed by atoms with E-state index in [1.54, 1.807) is 4.90 Å². The molecule has 2 aromatic carbocycles. The highest BCUT2D eigenvalue weighted by Gasteiger charge is 2.30. The predicted octanol–water partition coefficient (Wildman–Crippen LogP) is 2.61. The highest BCUT2D eigenvalue weighted by molar-refractivity contribution is 5.91. The van der Waals surface area contributed by atoms with Crippen molar-refractivity contribution in [3.8, 4) is 11.8 Å². The third-order valence-electron chi connectivity index (χ3n) is 5.51. The Balaban J connectivity index is 1.46. The van der Waals surface area contributed by atoms with Crippen LogP contribution in [0.1, 0.15) is 11.3 Å². The zero-order chi connectivity index (χ0) is 21.4. The molecule has 2 aromatic heterocycles. The van der Waals surface area contributed by atoms with Gasteiger partial charge < -0.3 is 10.6 Å². The van der Waals surface area contributed by atoms with Crippen LogP contribution in [0.5, 0.6) is 0 Å².